The van der Waals surface area contributed by atoms with Crippen molar-refractivity contribution in [3.8, 4) is 5.75 Å². The van der Waals surface area contributed by atoms with Gasteiger partial charge in [0.15, 0.2) is 0 Å². The van der Waals surface area contributed by atoms with Gasteiger partial charge in [0, 0.05) is 12.5 Å². The van der Waals surface area contributed by atoms with Gasteiger partial charge < -0.3 is 25.2 Å². The third kappa shape index (κ3) is 7.66. The number of rotatable bonds is 12. The van der Waals surface area contributed by atoms with Crippen LogP contribution in [0.2, 0.25) is 0 Å². The molecule has 7 nitrogen and oxygen atoms in total. The number of carbonyl (C=O) groups is 2. The first-order chi connectivity index (χ1) is 15.5. The van der Waals surface area contributed by atoms with E-state index >= 15 is 0 Å². The molecule has 172 valence electrons. The number of aliphatic carboxylic acids is 1. The standard InChI is InChI=1S/C25H32N2O5/c26-25(30)21-12-14-27(15-13-21)16-22(31-18-24(28)29)17-32-23-9-5-4-8-20(23)11-10-19-6-2-1-3-7-19/h1-9,21-22H,10-18H2,(H2,26,30)(H,28,29). The number of likely N-dealkylation sites (tertiary alicyclic amines) is 1. The number of hydrogen-bond donors (Lipinski definition) is 2. The maximum Gasteiger partial charge on any atom is 0.329 e. The van der Waals surface area contributed by atoms with E-state index in [-0.39, 0.29) is 25.0 Å². The van der Waals surface area contributed by atoms with Crippen molar-refractivity contribution in [1.29, 1.82) is 0 Å². The van der Waals surface area contributed by atoms with Crippen molar-refractivity contribution in [3.05, 3.63) is 65.7 Å². The number of carbonyl (C=O) groups excluding carboxylic acids is 1. The fraction of sp³-hybridized carbons (Fsp3) is 0.440. The number of piperidine rings is 1. The highest BCUT2D eigenvalue weighted by atomic mass is 16.5. The molecular weight excluding hydrogens is 408 g/mol. The molecule has 7 heteroatoms. The number of carboxylic acid groups (broad SMARTS) is 1. The Morgan fingerprint density at radius 1 is 1.03 bits per heavy atom. The Hall–Kier alpha value is -2.90. The maximum absolute atomic E-state index is 11.4. The van der Waals surface area contributed by atoms with Crippen molar-refractivity contribution in [1.82, 2.24) is 4.90 Å². The van der Waals surface area contributed by atoms with Gasteiger partial charge in [0.2, 0.25) is 5.91 Å². The van der Waals surface area contributed by atoms with E-state index in [4.69, 9.17) is 20.3 Å². The summed E-state index contributed by atoms with van der Waals surface area (Å²) >= 11 is 0. The van der Waals surface area contributed by atoms with Crippen molar-refractivity contribution in [2.45, 2.75) is 31.8 Å². The fourth-order valence-corrected chi connectivity index (χ4v) is 3.99. The zero-order valence-corrected chi connectivity index (χ0v) is 18.3. The number of aryl methyl sites for hydroxylation is 2. The van der Waals surface area contributed by atoms with Crippen LogP contribution in [0.4, 0.5) is 0 Å². The lowest BCUT2D eigenvalue weighted by molar-refractivity contribution is -0.145. The quantitative estimate of drug-likeness (QED) is 0.526. The second kappa shape index (κ2) is 12.2. The second-order valence-electron chi connectivity index (χ2n) is 8.21. The number of primary amides is 1. The smallest absolute Gasteiger partial charge is 0.329 e. The first-order valence-electron chi connectivity index (χ1n) is 11.1. The third-order valence-corrected chi connectivity index (χ3v) is 5.82. The van der Waals surface area contributed by atoms with Crippen molar-refractivity contribution in [3.63, 3.8) is 0 Å². The summed E-state index contributed by atoms with van der Waals surface area (Å²) in [7, 11) is 0. The van der Waals surface area contributed by atoms with E-state index in [1.54, 1.807) is 0 Å². The first kappa shape index (κ1) is 23.8. The van der Waals surface area contributed by atoms with E-state index in [1.165, 1.54) is 5.56 Å². The average Bonchev–Trinajstić information content (AvgIpc) is 2.81. The average molecular weight is 441 g/mol. The van der Waals surface area contributed by atoms with Crippen LogP contribution < -0.4 is 10.5 Å². The largest absolute Gasteiger partial charge is 0.491 e. The van der Waals surface area contributed by atoms with Gasteiger partial charge in [-0.25, -0.2) is 4.79 Å². The van der Waals surface area contributed by atoms with Crippen LogP contribution in [0.3, 0.4) is 0 Å². The highest BCUT2D eigenvalue weighted by Crippen LogP contribution is 2.21. The van der Waals surface area contributed by atoms with Crippen LogP contribution in [0, 0.1) is 5.92 Å². The molecule has 3 N–H and O–H groups in total. The van der Waals surface area contributed by atoms with Gasteiger partial charge >= 0.3 is 5.97 Å². The highest BCUT2D eigenvalue weighted by molar-refractivity contribution is 5.76. The third-order valence-electron chi connectivity index (χ3n) is 5.82. The molecule has 1 fully saturated rings. The van der Waals surface area contributed by atoms with Crippen molar-refractivity contribution in [2.75, 3.05) is 32.8 Å². The minimum Gasteiger partial charge on any atom is -0.491 e. The molecule has 0 aromatic heterocycles. The summed E-state index contributed by atoms with van der Waals surface area (Å²) in [6, 6.07) is 18.2. The number of para-hydroxylation sites is 1. The van der Waals surface area contributed by atoms with Gasteiger partial charge in [0.05, 0.1) is 0 Å². The molecule has 0 aliphatic carbocycles. The monoisotopic (exact) mass is 440 g/mol. The number of nitrogens with two attached hydrogens (primary N) is 1. The van der Waals surface area contributed by atoms with Gasteiger partial charge in [-0.1, -0.05) is 48.5 Å². The summed E-state index contributed by atoms with van der Waals surface area (Å²) in [5.41, 5.74) is 7.79. The van der Waals surface area contributed by atoms with E-state index in [1.807, 2.05) is 36.4 Å². The van der Waals surface area contributed by atoms with Crippen LogP contribution in [-0.4, -0.2) is 60.8 Å². The number of carboxylic acids is 1. The molecule has 2 aromatic rings. The van der Waals surface area contributed by atoms with Crippen LogP contribution in [0.5, 0.6) is 5.75 Å². The molecule has 1 unspecified atom stereocenters. The lowest BCUT2D eigenvalue weighted by Crippen LogP contribution is -2.44. The van der Waals surface area contributed by atoms with Crippen LogP contribution >= 0.6 is 0 Å². The predicted molar refractivity (Wildman–Crippen MR) is 122 cm³/mol. The minimum absolute atomic E-state index is 0.0858. The molecular formula is C25H32N2O5. The molecule has 0 spiro atoms. The molecule has 1 atom stereocenters. The molecule has 1 heterocycles. The minimum atomic E-state index is -1.01. The molecule has 1 aliphatic heterocycles. The Balaban J connectivity index is 1.57. The molecule has 1 saturated heterocycles. The second-order valence-corrected chi connectivity index (χ2v) is 8.21. The summed E-state index contributed by atoms with van der Waals surface area (Å²) < 4.78 is 11.7. The Morgan fingerprint density at radius 3 is 2.41 bits per heavy atom. The molecule has 0 bridgehead atoms. The van der Waals surface area contributed by atoms with Crippen molar-refractivity contribution in [2.24, 2.45) is 11.7 Å². The summed E-state index contributed by atoms with van der Waals surface area (Å²) in [4.78, 5) is 24.6. The van der Waals surface area contributed by atoms with Gasteiger partial charge in [0.25, 0.3) is 0 Å². The Bertz CT molecular complexity index is 866. The number of nitrogens with zero attached hydrogens (tertiary/aromatic N) is 1. The van der Waals surface area contributed by atoms with Crippen LogP contribution in [0.15, 0.2) is 54.6 Å². The SMILES string of the molecule is NC(=O)C1CCN(CC(COc2ccccc2CCc2ccccc2)OCC(=O)O)CC1. The molecule has 2 aromatic carbocycles. The normalized spacial score (nSPS) is 15.9. The lowest BCUT2D eigenvalue weighted by Gasteiger charge is -2.33. The van der Waals surface area contributed by atoms with Crippen LogP contribution in [0.25, 0.3) is 0 Å². The zero-order valence-electron chi connectivity index (χ0n) is 18.3. The molecule has 3 rings (SSSR count). The number of benzene rings is 2. The number of amides is 1. The van der Waals surface area contributed by atoms with Gasteiger partial charge in [-0.2, -0.15) is 0 Å². The van der Waals surface area contributed by atoms with Gasteiger partial charge in [-0.05, 0) is 56.0 Å². The lowest BCUT2D eigenvalue weighted by atomic mass is 9.96. The van der Waals surface area contributed by atoms with Crippen LogP contribution in [0.1, 0.15) is 24.0 Å². The first-order valence-corrected chi connectivity index (χ1v) is 11.1. The predicted octanol–water partition coefficient (Wildman–Crippen LogP) is 2.52. The van der Waals surface area contributed by atoms with Gasteiger partial charge in [-0.15, -0.1) is 0 Å². The highest BCUT2D eigenvalue weighted by Gasteiger charge is 2.25. The van der Waals surface area contributed by atoms with Crippen LogP contribution in [-0.2, 0) is 27.2 Å². The molecule has 1 amide bonds. The van der Waals surface area contributed by atoms with Crippen molar-refractivity contribution < 1.29 is 24.2 Å². The summed E-state index contributed by atoms with van der Waals surface area (Å²) in [6.45, 7) is 1.89. The van der Waals surface area contributed by atoms with Gasteiger partial charge in [-0.3, -0.25) is 4.79 Å². The zero-order chi connectivity index (χ0) is 22.8. The van der Waals surface area contributed by atoms with E-state index in [0.717, 1.165) is 37.2 Å². The Labute approximate surface area is 189 Å². The number of ether oxygens (including phenoxy) is 2. The van der Waals surface area contributed by atoms with E-state index in [0.29, 0.717) is 19.4 Å². The Morgan fingerprint density at radius 2 is 1.72 bits per heavy atom. The number of hydrogen-bond acceptors (Lipinski definition) is 5. The van der Waals surface area contributed by atoms with E-state index < -0.39 is 12.1 Å². The molecule has 1 aliphatic rings. The topological polar surface area (TPSA) is 102 Å². The van der Waals surface area contributed by atoms with E-state index in [2.05, 4.69) is 23.1 Å². The molecule has 0 radical (unpaired) electrons. The van der Waals surface area contributed by atoms with Crippen molar-refractivity contribution >= 4 is 11.9 Å². The van der Waals surface area contributed by atoms with Gasteiger partial charge in [0.1, 0.15) is 25.1 Å². The summed E-state index contributed by atoms with van der Waals surface area (Å²) in [5.74, 6) is -0.554. The summed E-state index contributed by atoms with van der Waals surface area (Å²) in [6.07, 6.45) is 2.79. The van der Waals surface area contributed by atoms with E-state index in [9.17, 15) is 9.59 Å². The fourth-order valence-electron chi connectivity index (χ4n) is 3.99. The summed E-state index contributed by atoms with van der Waals surface area (Å²) in [5, 5.41) is 9.04. The molecule has 0 saturated carbocycles. The Kier molecular flexibility index (Phi) is 9.07. The maximum atomic E-state index is 11.4. The molecule has 32 heavy (non-hydrogen) atoms.